The molecule has 1 aromatic rings. The van der Waals surface area contributed by atoms with Crippen molar-refractivity contribution < 1.29 is 19.4 Å². The molecule has 1 aliphatic rings. The predicted octanol–water partition coefficient (Wildman–Crippen LogP) is 1.14. The van der Waals surface area contributed by atoms with Crippen LogP contribution in [0.25, 0.3) is 0 Å². The lowest BCUT2D eigenvalue weighted by Gasteiger charge is -2.20. The van der Waals surface area contributed by atoms with Gasteiger partial charge in [-0.2, -0.15) is 0 Å². The van der Waals surface area contributed by atoms with Crippen molar-refractivity contribution in [1.29, 1.82) is 0 Å². The first-order valence-electron chi connectivity index (χ1n) is 7.20. The van der Waals surface area contributed by atoms with Gasteiger partial charge in [-0.25, -0.2) is 9.78 Å². The molecule has 1 saturated heterocycles. The number of amides is 2. The van der Waals surface area contributed by atoms with E-state index in [1.165, 1.54) is 0 Å². The molecule has 1 fully saturated rings. The zero-order chi connectivity index (χ0) is 16.2. The summed E-state index contributed by atoms with van der Waals surface area (Å²) in [6.45, 7) is 2.82. The molecule has 7 heteroatoms. The quantitative estimate of drug-likeness (QED) is 0.851. The first kappa shape index (κ1) is 16.1. The third-order valence-corrected chi connectivity index (χ3v) is 3.99. The second-order valence-electron chi connectivity index (χ2n) is 5.69. The molecule has 1 unspecified atom stereocenters. The lowest BCUT2D eigenvalue weighted by atomic mass is 9.90. The Labute approximate surface area is 129 Å². The summed E-state index contributed by atoms with van der Waals surface area (Å²) in [6.07, 6.45) is 2.73. The summed E-state index contributed by atoms with van der Waals surface area (Å²) in [5.74, 6) is -0.306. The van der Waals surface area contributed by atoms with Gasteiger partial charge in [0.25, 0.3) is 0 Å². The van der Waals surface area contributed by atoms with Gasteiger partial charge in [-0.15, -0.1) is 0 Å². The number of hydrogen-bond donors (Lipinski definition) is 2. The van der Waals surface area contributed by atoms with Crippen LogP contribution in [0.3, 0.4) is 0 Å². The number of aliphatic carboxylic acids is 1. The van der Waals surface area contributed by atoms with Crippen molar-refractivity contribution >= 4 is 12.0 Å². The molecule has 2 rings (SSSR count). The summed E-state index contributed by atoms with van der Waals surface area (Å²) in [7, 11) is 1.56. The van der Waals surface area contributed by atoms with Gasteiger partial charge in [-0.3, -0.25) is 4.79 Å². The van der Waals surface area contributed by atoms with Crippen molar-refractivity contribution in [2.45, 2.75) is 19.8 Å². The van der Waals surface area contributed by atoms with Gasteiger partial charge in [-0.1, -0.05) is 6.07 Å². The average molecular weight is 307 g/mol. The maximum atomic E-state index is 12.1. The number of aromatic nitrogens is 1. The highest BCUT2D eigenvalue weighted by Crippen LogP contribution is 2.29. The summed E-state index contributed by atoms with van der Waals surface area (Å²) in [6, 6.07) is 3.49. The molecular weight excluding hydrogens is 286 g/mol. The van der Waals surface area contributed by atoms with Crippen molar-refractivity contribution in [3.63, 3.8) is 0 Å². The van der Waals surface area contributed by atoms with Crippen LogP contribution < -0.4 is 10.1 Å². The Kier molecular flexibility index (Phi) is 4.85. The number of ether oxygens (including phenoxy) is 1. The fraction of sp³-hybridized carbons (Fsp3) is 0.533. The standard InChI is InChI=1S/C15H21N3O4/c1-15(13(19)20)6-9-18(10-15)14(21)17-8-5-11-4-3-7-16-12(11)22-2/h3-4,7H,5-6,8-10H2,1-2H3,(H,17,21)(H,19,20). The number of carboxylic acids is 1. The van der Waals surface area contributed by atoms with E-state index in [2.05, 4.69) is 10.3 Å². The Bertz CT molecular complexity index is 563. The van der Waals surface area contributed by atoms with E-state index >= 15 is 0 Å². The SMILES string of the molecule is COc1ncccc1CCNC(=O)N1CCC(C)(C(=O)O)C1. The molecule has 0 aromatic carbocycles. The third kappa shape index (κ3) is 3.47. The number of carbonyl (C=O) groups is 2. The Balaban J connectivity index is 1.83. The number of rotatable bonds is 5. The maximum Gasteiger partial charge on any atom is 0.317 e. The van der Waals surface area contributed by atoms with E-state index in [1.807, 2.05) is 12.1 Å². The van der Waals surface area contributed by atoms with Crippen LogP contribution in [0.1, 0.15) is 18.9 Å². The first-order valence-corrected chi connectivity index (χ1v) is 7.20. The lowest BCUT2D eigenvalue weighted by molar-refractivity contribution is -0.146. The molecule has 120 valence electrons. The van der Waals surface area contributed by atoms with Gasteiger partial charge in [-0.05, 0) is 25.8 Å². The second-order valence-corrected chi connectivity index (χ2v) is 5.69. The first-order chi connectivity index (χ1) is 10.5. The highest BCUT2D eigenvalue weighted by molar-refractivity contribution is 5.79. The Morgan fingerprint density at radius 3 is 2.95 bits per heavy atom. The zero-order valence-electron chi connectivity index (χ0n) is 12.8. The summed E-state index contributed by atoms with van der Waals surface area (Å²) in [5.41, 5.74) is 0.0753. The molecule has 0 radical (unpaired) electrons. The Morgan fingerprint density at radius 1 is 1.55 bits per heavy atom. The summed E-state index contributed by atoms with van der Waals surface area (Å²) >= 11 is 0. The van der Waals surface area contributed by atoms with E-state index in [4.69, 9.17) is 4.74 Å². The molecule has 2 amide bonds. The number of carbonyl (C=O) groups excluding carboxylic acids is 1. The van der Waals surface area contributed by atoms with Crippen LogP contribution >= 0.6 is 0 Å². The maximum absolute atomic E-state index is 12.1. The molecular formula is C15H21N3O4. The number of nitrogens with one attached hydrogen (secondary N) is 1. The molecule has 22 heavy (non-hydrogen) atoms. The van der Waals surface area contributed by atoms with Gasteiger partial charge >= 0.3 is 12.0 Å². The van der Waals surface area contributed by atoms with E-state index < -0.39 is 11.4 Å². The molecule has 1 aromatic heterocycles. The molecule has 0 spiro atoms. The van der Waals surface area contributed by atoms with E-state index in [0.717, 1.165) is 5.56 Å². The predicted molar refractivity (Wildman–Crippen MR) is 79.8 cm³/mol. The van der Waals surface area contributed by atoms with Crippen molar-refractivity contribution in [3.05, 3.63) is 23.9 Å². The van der Waals surface area contributed by atoms with Gasteiger partial charge in [0.1, 0.15) is 0 Å². The minimum atomic E-state index is -0.858. The lowest BCUT2D eigenvalue weighted by Crippen LogP contribution is -2.41. The highest BCUT2D eigenvalue weighted by atomic mass is 16.5. The van der Waals surface area contributed by atoms with Crippen LogP contribution in [0.5, 0.6) is 5.88 Å². The third-order valence-electron chi connectivity index (χ3n) is 3.99. The van der Waals surface area contributed by atoms with Crippen LogP contribution in [0.2, 0.25) is 0 Å². The van der Waals surface area contributed by atoms with Crippen molar-refractivity contribution in [1.82, 2.24) is 15.2 Å². The minimum Gasteiger partial charge on any atom is -0.481 e. The molecule has 0 saturated carbocycles. The molecule has 1 atom stereocenters. The van der Waals surface area contributed by atoms with Crippen LogP contribution in [0.4, 0.5) is 4.79 Å². The number of methoxy groups -OCH3 is 1. The number of urea groups is 1. The van der Waals surface area contributed by atoms with Gasteiger partial charge in [0, 0.05) is 31.4 Å². The van der Waals surface area contributed by atoms with Crippen LogP contribution in [-0.4, -0.2) is 53.7 Å². The number of hydrogen-bond acceptors (Lipinski definition) is 4. The zero-order valence-corrected chi connectivity index (χ0v) is 12.8. The molecule has 0 aliphatic carbocycles. The monoisotopic (exact) mass is 307 g/mol. The minimum absolute atomic E-state index is 0.229. The summed E-state index contributed by atoms with van der Waals surface area (Å²) < 4.78 is 5.16. The number of pyridine rings is 1. The normalized spacial score (nSPS) is 20.7. The van der Waals surface area contributed by atoms with Gasteiger partial charge in [0.05, 0.1) is 12.5 Å². The molecule has 2 heterocycles. The smallest absolute Gasteiger partial charge is 0.317 e. The fourth-order valence-electron chi connectivity index (χ4n) is 2.52. The summed E-state index contributed by atoms with van der Waals surface area (Å²) in [5, 5.41) is 12.0. The van der Waals surface area contributed by atoms with Gasteiger partial charge in [0.2, 0.25) is 5.88 Å². The summed E-state index contributed by atoms with van der Waals surface area (Å²) in [4.78, 5) is 28.9. The topological polar surface area (TPSA) is 91.8 Å². The van der Waals surface area contributed by atoms with Gasteiger partial charge < -0.3 is 20.1 Å². The van der Waals surface area contributed by atoms with Crippen LogP contribution in [0, 0.1) is 5.41 Å². The fourth-order valence-corrected chi connectivity index (χ4v) is 2.52. The average Bonchev–Trinajstić information content (AvgIpc) is 2.92. The van der Waals surface area contributed by atoms with Crippen molar-refractivity contribution in [3.8, 4) is 5.88 Å². The molecule has 0 bridgehead atoms. The van der Waals surface area contributed by atoms with E-state index in [9.17, 15) is 14.7 Å². The largest absolute Gasteiger partial charge is 0.481 e. The van der Waals surface area contributed by atoms with Crippen molar-refractivity contribution in [2.75, 3.05) is 26.7 Å². The Morgan fingerprint density at radius 2 is 2.32 bits per heavy atom. The number of carboxylic acid groups (broad SMARTS) is 1. The van der Waals surface area contributed by atoms with Crippen molar-refractivity contribution in [2.24, 2.45) is 5.41 Å². The molecule has 1 aliphatic heterocycles. The van der Waals surface area contributed by atoms with Crippen LogP contribution in [0.15, 0.2) is 18.3 Å². The molecule has 7 nitrogen and oxygen atoms in total. The second kappa shape index (κ2) is 6.64. The number of likely N-dealkylation sites (tertiary alicyclic amines) is 1. The molecule has 2 N–H and O–H groups in total. The number of nitrogens with zero attached hydrogens (tertiary/aromatic N) is 2. The van der Waals surface area contributed by atoms with Crippen LogP contribution in [-0.2, 0) is 11.2 Å². The Hall–Kier alpha value is -2.31. The van der Waals surface area contributed by atoms with Gasteiger partial charge in [0.15, 0.2) is 0 Å². The van der Waals surface area contributed by atoms with E-state index in [-0.39, 0.29) is 12.6 Å². The van der Waals surface area contributed by atoms with E-state index in [1.54, 1.807) is 25.1 Å². The highest BCUT2D eigenvalue weighted by Gasteiger charge is 2.42. The van der Waals surface area contributed by atoms with E-state index in [0.29, 0.717) is 31.8 Å².